The van der Waals surface area contributed by atoms with Crippen LogP contribution in [0.4, 0.5) is 0 Å². The Morgan fingerprint density at radius 3 is 2.52 bits per heavy atom. The Balaban J connectivity index is 1.66. The first-order valence-corrected chi connectivity index (χ1v) is 8.78. The molecule has 0 fully saturated rings. The Morgan fingerprint density at radius 2 is 1.93 bits per heavy atom. The van der Waals surface area contributed by atoms with Gasteiger partial charge in [0.05, 0.1) is 12.2 Å². The van der Waals surface area contributed by atoms with Gasteiger partial charge in [0.25, 0.3) is 5.91 Å². The summed E-state index contributed by atoms with van der Waals surface area (Å²) in [6.45, 7) is 8.28. The molecule has 0 atom stereocenters. The van der Waals surface area contributed by atoms with Gasteiger partial charge in [0.2, 0.25) is 5.89 Å². The third-order valence-electron chi connectivity index (χ3n) is 4.30. The van der Waals surface area contributed by atoms with E-state index in [2.05, 4.69) is 15.3 Å². The van der Waals surface area contributed by atoms with Crippen molar-refractivity contribution in [2.45, 2.75) is 40.8 Å². The molecule has 0 radical (unpaired) electrons. The summed E-state index contributed by atoms with van der Waals surface area (Å²) in [5, 5.41) is 2.84. The van der Waals surface area contributed by atoms with Crippen molar-refractivity contribution in [1.82, 2.24) is 15.3 Å². The summed E-state index contributed by atoms with van der Waals surface area (Å²) < 4.78 is 11.4. The highest BCUT2D eigenvalue weighted by atomic mass is 16.5. The molecule has 0 saturated heterocycles. The van der Waals surface area contributed by atoms with E-state index in [-0.39, 0.29) is 12.5 Å². The van der Waals surface area contributed by atoms with Crippen LogP contribution >= 0.6 is 0 Å². The lowest BCUT2D eigenvalue weighted by Gasteiger charge is -2.14. The van der Waals surface area contributed by atoms with Gasteiger partial charge in [-0.3, -0.25) is 9.78 Å². The number of hydrogen-bond donors (Lipinski definition) is 1. The van der Waals surface area contributed by atoms with Gasteiger partial charge in [0.15, 0.2) is 0 Å². The average Bonchev–Trinajstić information content (AvgIpc) is 2.97. The highest BCUT2D eigenvalue weighted by molar-refractivity contribution is 5.94. The van der Waals surface area contributed by atoms with E-state index in [1.165, 1.54) is 0 Å². The van der Waals surface area contributed by atoms with Crippen LogP contribution in [-0.4, -0.2) is 15.9 Å². The molecule has 6 heteroatoms. The second-order valence-electron chi connectivity index (χ2n) is 6.52. The third kappa shape index (κ3) is 4.53. The summed E-state index contributed by atoms with van der Waals surface area (Å²) in [6.07, 6.45) is 3.51. The number of aromatic nitrogens is 2. The van der Waals surface area contributed by atoms with E-state index in [0.29, 0.717) is 18.1 Å². The predicted molar refractivity (Wildman–Crippen MR) is 102 cm³/mol. The highest BCUT2D eigenvalue weighted by Gasteiger charge is 2.13. The quantitative estimate of drug-likeness (QED) is 0.719. The topological polar surface area (TPSA) is 77.2 Å². The number of ether oxygens (including phenoxy) is 1. The molecule has 0 bridgehead atoms. The van der Waals surface area contributed by atoms with Gasteiger partial charge < -0.3 is 14.5 Å². The zero-order valence-electron chi connectivity index (χ0n) is 16.0. The van der Waals surface area contributed by atoms with E-state index in [1.807, 2.05) is 52.0 Å². The molecule has 3 aromatic rings. The van der Waals surface area contributed by atoms with Crippen molar-refractivity contribution >= 4 is 5.91 Å². The van der Waals surface area contributed by atoms with Crippen LogP contribution in [0.3, 0.4) is 0 Å². The van der Waals surface area contributed by atoms with Crippen LogP contribution in [0.15, 0.2) is 41.1 Å². The van der Waals surface area contributed by atoms with Crippen LogP contribution in [0.5, 0.6) is 5.75 Å². The van der Waals surface area contributed by atoms with Crippen molar-refractivity contribution in [2.24, 2.45) is 0 Å². The van der Waals surface area contributed by atoms with Crippen molar-refractivity contribution < 1.29 is 13.9 Å². The number of rotatable bonds is 6. The molecule has 0 saturated carbocycles. The number of oxazole rings is 1. The fourth-order valence-electron chi connectivity index (χ4n) is 2.82. The lowest BCUT2D eigenvalue weighted by Crippen LogP contribution is -2.23. The molecule has 3 rings (SSSR count). The molecule has 2 aromatic heterocycles. The second-order valence-corrected chi connectivity index (χ2v) is 6.52. The molecular weight excluding hydrogens is 342 g/mol. The maximum Gasteiger partial charge on any atom is 0.251 e. The van der Waals surface area contributed by atoms with Crippen LogP contribution in [0.1, 0.15) is 44.4 Å². The van der Waals surface area contributed by atoms with Crippen LogP contribution in [0.2, 0.25) is 0 Å². The largest absolute Gasteiger partial charge is 0.488 e. The van der Waals surface area contributed by atoms with Crippen molar-refractivity contribution in [1.29, 1.82) is 0 Å². The van der Waals surface area contributed by atoms with E-state index >= 15 is 0 Å². The number of amides is 1. The van der Waals surface area contributed by atoms with Gasteiger partial charge in [0.1, 0.15) is 18.1 Å². The highest BCUT2D eigenvalue weighted by Crippen LogP contribution is 2.26. The zero-order chi connectivity index (χ0) is 19.4. The number of pyridine rings is 1. The molecule has 0 spiro atoms. The first kappa shape index (κ1) is 18.6. The molecular formula is C21H23N3O3. The number of nitrogens with zero attached hydrogens (tertiary/aromatic N) is 2. The molecule has 0 unspecified atom stereocenters. The van der Waals surface area contributed by atoms with Crippen LogP contribution in [0, 0.1) is 27.7 Å². The lowest BCUT2D eigenvalue weighted by molar-refractivity contribution is 0.0947. The molecule has 1 N–H and O–H groups in total. The molecule has 0 aliphatic carbocycles. The van der Waals surface area contributed by atoms with Gasteiger partial charge in [-0.25, -0.2) is 4.98 Å². The van der Waals surface area contributed by atoms with Gasteiger partial charge in [0, 0.05) is 23.5 Å². The number of carbonyl (C=O) groups excluding carboxylic acids is 1. The number of hydrogen-bond acceptors (Lipinski definition) is 5. The van der Waals surface area contributed by atoms with Crippen molar-refractivity contribution in [2.75, 3.05) is 0 Å². The van der Waals surface area contributed by atoms with E-state index < -0.39 is 0 Å². The maximum absolute atomic E-state index is 12.5. The summed E-state index contributed by atoms with van der Waals surface area (Å²) in [5.74, 6) is 1.88. The number of nitrogens with one attached hydrogen (secondary N) is 1. The zero-order valence-corrected chi connectivity index (χ0v) is 16.0. The fraction of sp³-hybridized carbons (Fsp3) is 0.286. The molecule has 0 aliphatic rings. The molecule has 0 aliphatic heterocycles. The minimum atomic E-state index is -0.173. The van der Waals surface area contributed by atoms with E-state index in [1.54, 1.807) is 12.4 Å². The maximum atomic E-state index is 12.5. The Kier molecular flexibility index (Phi) is 5.54. The van der Waals surface area contributed by atoms with Gasteiger partial charge in [-0.15, -0.1) is 0 Å². The Bertz CT molecular complexity index is 906. The lowest BCUT2D eigenvalue weighted by atomic mass is 10.0. The van der Waals surface area contributed by atoms with Crippen LogP contribution < -0.4 is 10.1 Å². The van der Waals surface area contributed by atoms with Gasteiger partial charge in [-0.1, -0.05) is 6.07 Å². The average molecular weight is 365 g/mol. The van der Waals surface area contributed by atoms with Crippen molar-refractivity contribution in [3.05, 3.63) is 76.3 Å². The van der Waals surface area contributed by atoms with E-state index in [4.69, 9.17) is 9.15 Å². The summed E-state index contributed by atoms with van der Waals surface area (Å²) in [5.41, 5.74) is 4.23. The normalized spacial score (nSPS) is 10.7. The third-order valence-corrected chi connectivity index (χ3v) is 4.30. The molecule has 1 amide bonds. The van der Waals surface area contributed by atoms with Gasteiger partial charge in [-0.2, -0.15) is 0 Å². The number of aryl methyl sites for hydroxylation is 4. The van der Waals surface area contributed by atoms with Crippen molar-refractivity contribution in [3.8, 4) is 5.75 Å². The Labute approximate surface area is 158 Å². The van der Waals surface area contributed by atoms with E-state index in [9.17, 15) is 4.79 Å². The molecule has 27 heavy (non-hydrogen) atoms. The summed E-state index contributed by atoms with van der Waals surface area (Å²) in [4.78, 5) is 20.8. The molecule has 1 aromatic carbocycles. The van der Waals surface area contributed by atoms with Crippen LogP contribution in [-0.2, 0) is 13.2 Å². The molecule has 6 nitrogen and oxygen atoms in total. The minimum absolute atomic E-state index is 0.173. The fourth-order valence-corrected chi connectivity index (χ4v) is 2.82. The van der Waals surface area contributed by atoms with Gasteiger partial charge in [-0.05, 0) is 57.0 Å². The SMILES string of the molecule is Cc1cc(C(=O)NCc2nc(C)c(C)o2)cc(C)c1OCc1cccnc1. The first-order chi connectivity index (χ1) is 12.9. The smallest absolute Gasteiger partial charge is 0.251 e. The monoisotopic (exact) mass is 365 g/mol. The number of carbonyl (C=O) groups is 1. The van der Waals surface area contributed by atoms with Crippen LogP contribution in [0.25, 0.3) is 0 Å². The number of benzene rings is 1. The first-order valence-electron chi connectivity index (χ1n) is 8.78. The minimum Gasteiger partial charge on any atom is -0.488 e. The Hall–Kier alpha value is -3.15. The van der Waals surface area contributed by atoms with Gasteiger partial charge >= 0.3 is 0 Å². The summed E-state index contributed by atoms with van der Waals surface area (Å²) in [6, 6.07) is 7.49. The van der Waals surface area contributed by atoms with E-state index in [0.717, 1.165) is 33.9 Å². The molecule has 140 valence electrons. The standard InChI is InChI=1S/C21H23N3O3/c1-13-8-18(21(25)23-11-19-24-15(3)16(4)27-19)9-14(2)20(13)26-12-17-6-5-7-22-10-17/h5-10H,11-12H2,1-4H3,(H,23,25). The molecule has 2 heterocycles. The Morgan fingerprint density at radius 1 is 1.19 bits per heavy atom. The predicted octanol–water partition coefficient (Wildman–Crippen LogP) is 3.81. The second kappa shape index (κ2) is 8.03. The summed E-state index contributed by atoms with van der Waals surface area (Å²) in [7, 11) is 0. The van der Waals surface area contributed by atoms with Crippen molar-refractivity contribution in [3.63, 3.8) is 0 Å². The summed E-state index contributed by atoms with van der Waals surface area (Å²) >= 11 is 0.